The van der Waals surface area contributed by atoms with Crippen molar-refractivity contribution in [2.24, 2.45) is 18.0 Å². The van der Waals surface area contributed by atoms with Gasteiger partial charge in [0.15, 0.2) is 11.8 Å². The van der Waals surface area contributed by atoms with Gasteiger partial charge in [-0.2, -0.15) is 0 Å². The fourth-order valence-electron chi connectivity index (χ4n) is 2.75. The molecule has 1 fully saturated rings. The molecular weight excluding hydrogens is 320 g/mol. The predicted octanol–water partition coefficient (Wildman–Crippen LogP) is 1.03. The van der Waals surface area contributed by atoms with Gasteiger partial charge in [-0.05, 0) is 26.7 Å². The van der Waals surface area contributed by atoms with E-state index in [0.29, 0.717) is 19.7 Å². The Morgan fingerprint density at radius 3 is 2.72 bits per heavy atom. The van der Waals surface area contributed by atoms with Crippen molar-refractivity contribution < 1.29 is 9.53 Å². The number of aromatic nitrogens is 3. The smallest absolute Gasteiger partial charge is 0.309 e. The van der Waals surface area contributed by atoms with Gasteiger partial charge < -0.3 is 19.5 Å². The van der Waals surface area contributed by atoms with Crippen LogP contribution in [0.15, 0.2) is 17.6 Å². The summed E-state index contributed by atoms with van der Waals surface area (Å²) in [5.74, 6) is 2.38. The second kappa shape index (κ2) is 9.19. The number of piperidine rings is 1. The van der Waals surface area contributed by atoms with Gasteiger partial charge in [0, 0.05) is 26.7 Å². The Morgan fingerprint density at radius 2 is 2.16 bits per heavy atom. The highest BCUT2D eigenvalue weighted by atomic mass is 16.5. The molecule has 1 aliphatic rings. The summed E-state index contributed by atoms with van der Waals surface area (Å²) in [6.45, 7) is 10.6. The highest BCUT2D eigenvalue weighted by Crippen LogP contribution is 2.19. The second-order valence-corrected chi connectivity index (χ2v) is 6.05. The van der Waals surface area contributed by atoms with Gasteiger partial charge in [0.2, 0.25) is 0 Å². The zero-order valence-electron chi connectivity index (χ0n) is 15.4. The van der Waals surface area contributed by atoms with Gasteiger partial charge in [0.1, 0.15) is 12.4 Å². The van der Waals surface area contributed by atoms with Crippen molar-refractivity contribution in [1.29, 1.82) is 0 Å². The van der Waals surface area contributed by atoms with Crippen molar-refractivity contribution in [3.8, 4) is 0 Å². The third kappa shape index (κ3) is 5.04. The van der Waals surface area contributed by atoms with E-state index in [1.54, 1.807) is 6.08 Å². The maximum atomic E-state index is 11.9. The fraction of sp³-hybridized carbons (Fsp3) is 0.647. The van der Waals surface area contributed by atoms with Crippen molar-refractivity contribution >= 4 is 11.9 Å². The highest BCUT2D eigenvalue weighted by Gasteiger charge is 2.27. The minimum absolute atomic E-state index is 0.0155. The number of aliphatic imine (C=N–C) groups is 1. The maximum Gasteiger partial charge on any atom is 0.309 e. The van der Waals surface area contributed by atoms with Gasteiger partial charge in [-0.3, -0.25) is 4.79 Å². The number of carbonyl (C=O) groups is 1. The van der Waals surface area contributed by atoms with E-state index < -0.39 is 0 Å². The molecule has 1 aliphatic heterocycles. The summed E-state index contributed by atoms with van der Waals surface area (Å²) in [6, 6.07) is 0. The molecule has 2 rings (SSSR count). The summed E-state index contributed by atoms with van der Waals surface area (Å²) >= 11 is 0. The molecule has 0 saturated carbocycles. The number of nitrogens with one attached hydrogen (secondary N) is 1. The Morgan fingerprint density at radius 1 is 1.44 bits per heavy atom. The largest absolute Gasteiger partial charge is 0.466 e. The van der Waals surface area contributed by atoms with E-state index in [1.807, 2.05) is 25.5 Å². The first-order valence-corrected chi connectivity index (χ1v) is 8.72. The predicted molar refractivity (Wildman–Crippen MR) is 96.0 cm³/mol. The van der Waals surface area contributed by atoms with Gasteiger partial charge in [-0.25, -0.2) is 4.99 Å². The molecule has 0 aliphatic carbocycles. The van der Waals surface area contributed by atoms with E-state index in [2.05, 4.69) is 32.0 Å². The van der Waals surface area contributed by atoms with Crippen molar-refractivity contribution in [2.45, 2.75) is 33.2 Å². The molecule has 1 N–H and O–H groups in total. The monoisotopic (exact) mass is 348 g/mol. The molecule has 1 aromatic heterocycles. The molecule has 0 amide bonds. The lowest BCUT2D eigenvalue weighted by atomic mass is 9.97. The molecule has 1 saturated heterocycles. The Kier molecular flexibility index (Phi) is 6.97. The average Bonchev–Trinajstić information content (AvgIpc) is 2.94. The van der Waals surface area contributed by atoms with E-state index in [-0.39, 0.29) is 11.9 Å². The van der Waals surface area contributed by atoms with E-state index >= 15 is 0 Å². The topological polar surface area (TPSA) is 84.6 Å². The van der Waals surface area contributed by atoms with Crippen LogP contribution in [0.1, 0.15) is 31.4 Å². The highest BCUT2D eigenvalue weighted by molar-refractivity contribution is 5.80. The Labute approximate surface area is 149 Å². The van der Waals surface area contributed by atoms with Gasteiger partial charge >= 0.3 is 5.97 Å². The summed E-state index contributed by atoms with van der Waals surface area (Å²) in [7, 11) is 1.93. The third-order valence-electron chi connectivity index (χ3n) is 4.37. The van der Waals surface area contributed by atoms with Crippen LogP contribution in [0.5, 0.6) is 0 Å². The number of nitrogens with zero attached hydrogens (tertiary/aromatic N) is 5. The molecule has 0 aromatic carbocycles. The number of esters is 1. The van der Waals surface area contributed by atoms with E-state index in [1.165, 1.54) is 0 Å². The van der Waals surface area contributed by atoms with E-state index in [4.69, 9.17) is 4.74 Å². The lowest BCUT2D eigenvalue weighted by molar-refractivity contribution is -0.149. The Bertz CT molecular complexity index is 617. The first-order valence-electron chi connectivity index (χ1n) is 8.72. The second-order valence-electron chi connectivity index (χ2n) is 6.05. The number of aryl methyl sites for hydroxylation is 1. The van der Waals surface area contributed by atoms with Crippen LogP contribution < -0.4 is 5.32 Å². The molecule has 138 valence electrons. The van der Waals surface area contributed by atoms with Crippen LogP contribution in [-0.4, -0.2) is 57.8 Å². The number of hydrogen-bond acceptors (Lipinski definition) is 5. The summed E-state index contributed by atoms with van der Waals surface area (Å²) < 4.78 is 7.06. The van der Waals surface area contributed by atoms with Gasteiger partial charge in [0.25, 0.3) is 0 Å². The lowest BCUT2D eigenvalue weighted by Crippen LogP contribution is -2.46. The minimum atomic E-state index is -0.0887. The van der Waals surface area contributed by atoms with Crippen LogP contribution in [-0.2, 0) is 23.1 Å². The van der Waals surface area contributed by atoms with Crippen LogP contribution in [0.4, 0.5) is 0 Å². The summed E-state index contributed by atoms with van der Waals surface area (Å²) in [6.07, 6.45) is 3.35. The van der Waals surface area contributed by atoms with E-state index in [9.17, 15) is 4.79 Å². The van der Waals surface area contributed by atoms with Gasteiger partial charge in [-0.1, -0.05) is 6.08 Å². The summed E-state index contributed by atoms with van der Waals surface area (Å²) in [5.41, 5.74) is 0. The molecular formula is C17H28N6O2. The fourth-order valence-corrected chi connectivity index (χ4v) is 2.75. The molecule has 0 unspecified atom stereocenters. The van der Waals surface area contributed by atoms with Crippen LogP contribution in [0, 0.1) is 12.8 Å². The lowest BCUT2D eigenvalue weighted by Gasteiger charge is -2.33. The zero-order valence-corrected chi connectivity index (χ0v) is 15.4. The molecule has 8 heteroatoms. The van der Waals surface area contributed by atoms with Crippen LogP contribution in [0.2, 0.25) is 0 Å². The maximum absolute atomic E-state index is 11.9. The van der Waals surface area contributed by atoms with Gasteiger partial charge in [0.05, 0.1) is 12.5 Å². The first-order chi connectivity index (χ1) is 12.1. The Balaban J connectivity index is 2.00. The number of rotatable bonds is 6. The molecule has 25 heavy (non-hydrogen) atoms. The summed E-state index contributed by atoms with van der Waals surface area (Å²) in [4.78, 5) is 18.7. The number of guanidine groups is 1. The average molecular weight is 348 g/mol. The number of hydrogen-bond donors (Lipinski definition) is 1. The van der Waals surface area contributed by atoms with Crippen LogP contribution >= 0.6 is 0 Å². The minimum Gasteiger partial charge on any atom is -0.466 e. The van der Waals surface area contributed by atoms with E-state index in [0.717, 1.165) is 43.5 Å². The molecule has 1 aromatic rings. The molecule has 0 radical (unpaired) electrons. The SMILES string of the molecule is C=CCNC(=NCc1nnc(C)n1C)N1CCC(C(=O)OCC)CC1. The zero-order chi connectivity index (χ0) is 18.2. The van der Waals surface area contributed by atoms with Crippen molar-refractivity contribution in [3.63, 3.8) is 0 Å². The quantitative estimate of drug-likeness (QED) is 0.358. The number of carbonyl (C=O) groups excluding carboxylic acids is 1. The number of likely N-dealkylation sites (tertiary alicyclic amines) is 1. The van der Waals surface area contributed by atoms with Crippen molar-refractivity contribution in [3.05, 3.63) is 24.3 Å². The molecule has 0 atom stereocenters. The van der Waals surface area contributed by atoms with Gasteiger partial charge in [-0.15, -0.1) is 16.8 Å². The molecule has 0 spiro atoms. The number of ether oxygens (including phenoxy) is 1. The summed E-state index contributed by atoms with van der Waals surface area (Å²) in [5, 5.41) is 11.5. The standard InChI is InChI=1S/C17H28N6O2/c1-5-9-18-17(19-12-15-21-20-13(3)22(15)4)23-10-7-14(8-11-23)16(24)25-6-2/h5,14H,1,6-12H2,2-4H3,(H,18,19). The van der Waals surface area contributed by atoms with Crippen LogP contribution in [0.3, 0.4) is 0 Å². The van der Waals surface area contributed by atoms with Crippen LogP contribution in [0.25, 0.3) is 0 Å². The first kappa shape index (κ1) is 19.0. The molecule has 2 heterocycles. The molecule has 0 bridgehead atoms. The van der Waals surface area contributed by atoms with Crippen molar-refractivity contribution in [2.75, 3.05) is 26.2 Å². The third-order valence-corrected chi connectivity index (χ3v) is 4.37. The Hall–Kier alpha value is -2.38. The normalized spacial score (nSPS) is 16.0. The van der Waals surface area contributed by atoms with Crippen molar-refractivity contribution in [1.82, 2.24) is 25.0 Å². The molecule has 8 nitrogen and oxygen atoms in total.